The molecule has 1 aromatic carbocycles. The van der Waals surface area contributed by atoms with E-state index in [1.165, 1.54) is 12.8 Å². The third kappa shape index (κ3) is 3.56. The summed E-state index contributed by atoms with van der Waals surface area (Å²) in [4.78, 5) is 10.4. The van der Waals surface area contributed by atoms with Crippen molar-refractivity contribution in [1.82, 2.24) is 0 Å². The average Bonchev–Trinajstić information content (AvgIpc) is 2.39. The van der Waals surface area contributed by atoms with Crippen molar-refractivity contribution in [3.05, 3.63) is 31.9 Å². The number of nitrogens with two attached hydrogens (primary N) is 1. The van der Waals surface area contributed by atoms with E-state index in [-0.39, 0.29) is 10.6 Å². The molecule has 1 aromatic rings. The zero-order chi connectivity index (χ0) is 13.8. The van der Waals surface area contributed by atoms with Crippen molar-refractivity contribution in [2.24, 2.45) is 11.7 Å². The normalized spacial score (nSPS) is 23.1. The van der Waals surface area contributed by atoms with E-state index < -0.39 is 0 Å². The van der Waals surface area contributed by atoms with Gasteiger partial charge >= 0.3 is 0 Å². The third-order valence-corrected chi connectivity index (χ3v) is 4.57. The van der Waals surface area contributed by atoms with E-state index in [0.717, 1.165) is 18.5 Å². The number of nitrogens with one attached hydrogen (secondary N) is 1. The molecule has 3 N–H and O–H groups in total. The molecule has 6 heteroatoms. The Morgan fingerprint density at radius 3 is 2.79 bits per heavy atom. The highest BCUT2D eigenvalue weighted by Crippen LogP contribution is 2.29. The van der Waals surface area contributed by atoms with E-state index in [0.29, 0.717) is 22.1 Å². The monoisotopic (exact) mass is 375 g/mol. The Labute approximate surface area is 126 Å². The lowest BCUT2D eigenvalue weighted by atomic mass is 9.84. The van der Waals surface area contributed by atoms with E-state index in [1.807, 2.05) is 28.7 Å². The topological polar surface area (TPSA) is 81.2 Å². The summed E-state index contributed by atoms with van der Waals surface area (Å²) < 4.78 is 0.660. The molecule has 2 rings (SSSR count). The van der Waals surface area contributed by atoms with Crippen molar-refractivity contribution in [3.63, 3.8) is 0 Å². The Bertz CT molecular complexity index is 467. The Morgan fingerprint density at radius 2 is 2.16 bits per heavy atom. The van der Waals surface area contributed by atoms with E-state index in [2.05, 4.69) is 5.32 Å². The quantitative estimate of drug-likeness (QED) is 0.481. The summed E-state index contributed by atoms with van der Waals surface area (Å²) >= 11 is 2.00. The molecular formula is C13H18IN3O2. The van der Waals surface area contributed by atoms with Crippen molar-refractivity contribution in [1.29, 1.82) is 0 Å². The van der Waals surface area contributed by atoms with Crippen molar-refractivity contribution >= 4 is 34.0 Å². The highest BCUT2D eigenvalue weighted by molar-refractivity contribution is 14.1. The zero-order valence-corrected chi connectivity index (χ0v) is 12.8. The van der Waals surface area contributed by atoms with Gasteiger partial charge in [0.05, 0.1) is 8.49 Å². The fraction of sp³-hybridized carbons (Fsp3) is 0.538. The predicted molar refractivity (Wildman–Crippen MR) is 84.2 cm³/mol. The predicted octanol–water partition coefficient (Wildman–Crippen LogP) is 3.13. The lowest BCUT2D eigenvalue weighted by Gasteiger charge is -2.32. The van der Waals surface area contributed by atoms with Crippen LogP contribution in [-0.2, 0) is 0 Å². The second-order valence-corrected chi connectivity index (χ2v) is 6.12. The summed E-state index contributed by atoms with van der Waals surface area (Å²) in [6.45, 7) is 0.696. The molecule has 0 saturated heterocycles. The van der Waals surface area contributed by atoms with E-state index in [1.54, 1.807) is 12.1 Å². The highest BCUT2D eigenvalue weighted by Gasteiger charge is 2.24. The molecule has 104 valence electrons. The number of nitro benzene ring substituents is 1. The summed E-state index contributed by atoms with van der Waals surface area (Å²) in [5.41, 5.74) is 6.91. The largest absolute Gasteiger partial charge is 0.382 e. The molecule has 1 saturated carbocycles. The van der Waals surface area contributed by atoms with Crippen LogP contribution in [0.5, 0.6) is 0 Å². The smallest absolute Gasteiger partial charge is 0.282 e. The Balaban J connectivity index is 2.10. The van der Waals surface area contributed by atoms with Gasteiger partial charge in [-0.25, -0.2) is 0 Å². The maximum absolute atomic E-state index is 10.8. The summed E-state index contributed by atoms with van der Waals surface area (Å²) in [6.07, 6.45) is 4.75. The first-order valence-corrected chi connectivity index (χ1v) is 7.60. The van der Waals surface area contributed by atoms with Crippen LogP contribution in [-0.4, -0.2) is 17.5 Å². The molecule has 5 nitrogen and oxygen atoms in total. The highest BCUT2D eigenvalue weighted by atomic mass is 127. The summed E-state index contributed by atoms with van der Waals surface area (Å²) in [5.74, 6) is 0.501. The van der Waals surface area contributed by atoms with Crippen LogP contribution >= 0.6 is 22.6 Å². The zero-order valence-electron chi connectivity index (χ0n) is 10.6. The fourth-order valence-corrected chi connectivity index (χ4v) is 3.35. The second kappa shape index (κ2) is 6.51. The molecule has 1 fully saturated rings. The molecule has 0 spiro atoms. The first kappa shape index (κ1) is 14.5. The maximum atomic E-state index is 10.8. The summed E-state index contributed by atoms with van der Waals surface area (Å²) in [7, 11) is 0. The number of hydrogen-bond acceptors (Lipinski definition) is 4. The van der Waals surface area contributed by atoms with Crippen LogP contribution in [0.25, 0.3) is 0 Å². The Hall–Kier alpha value is -0.890. The number of halogens is 1. The minimum absolute atomic E-state index is 0.158. The van der Waals surface area contributed by atoms with Gasteiger partial charge in [-0.15, -0.1) is 0 Å². The van der Waals surface area contributed by atoms with Gasteiger partial charge in [-0.05, 0) is 60.0 Å². The molecule has 0 heterocycles. The number of hydrogen-bond donors (Lipinski definition) is 2. The number of benzene rings is 1. The number of nitrogens with zero attached hydrogens (tertiary/aromatic N) is 1. The van der Waals surface area contributed by atoms with Crippen molar-refractivity contribution in [2.45, 2.75) is 31.7 Å². The molecular weight excluding hydrogens is 357 g/mol. The lowest BCUT2D eigenvalue weighted by Crippen LogP contribution is -2.36. The van der Waals surface area contributed by atoms with Crippen LogP contribution in [0.4, 0.5) is 11.4 Å². The van der Waals surface area contributed by atoms with Gasteiger partial charge in [0.15, 0.2) is 0 Å². The summed E-state index contributed by atoms with van der Waals surface area (Å²) in [5, 5.41) is 14.3. The van der Waals surface area contributed by atoms with E-state index in [9.17, 15) is 10.1 Å². The van der Waals surface area contributed by atoms with Gasteiger partial charge < -0.3 is 11.1 Å². The van der Waals surface area contributed by atoms with Gasteiger partial charge in [-0.2, -0.15) is 0 Å². The first-order valence-electron chi connectivity index (χ1n) is 6.52. The van der Waals surface area contributed by atoms with Gasteiger partial charge in [-0.1, -0.05) is 12.8 Å². The molecule has 0 bridgehead atoms. The van der Waals surface area contributed by atoms with Crippen LogP contribution in [0.2, 0.25) is 0 Å². The lowest BCUT2D eigenvalue weighted by molar-refractivity contribution is -0.385. The van der Waals surface area contributed by atoms with E-state index >= 15 is 0 Å². The summed E-state index contributed by atoms with van der Waals surface area (Å²) in [6, 6.07) is 5.56. The molecule has 1 aliphatic rings. The van der Waals surface area contributed by atoms with Crippen LogP contribution in [0.3, 0.4) is 0 Å². The van der Waals surface area contributed by atoms with Crippen molar-refractivity contribution < 1.29 is 4.92 Å². The number of anilines is 1. The minimum atomic E-state index is -0.352. The maximum Gasteiger partial charge on any atom is 0.282 e. The van der Waals surface area contributed by atoms with Crippen molar-refractivity contribution in [3.8, 4) is 0 Å². The second-order valence-electron chi connectivity index (χ2n) is 4.95. The molecule has 0 radical (unpaired) electrons. The average molecular weight is 375 g/mol. The van der Waals surface area contributed by atoms with E-state index in [4.69, 9.17) is 5.73 Å². The number of rotatable bonds is 4. The molecule has 0 aromatic heterocycles. The van der Waals surface area contributed by atoms with Gasteiger partial charge in [0.1, 0.15) is 0 Å². The molecule has 2 unspecified atom stereocenters. The van der Waals surface area contributed by atoms with Gasteiger partial charge in [0.2, 0.25) is 0 Å². The fourth-order valence-electron chi connectivity index (χ4n) is 2.64. The Morgan fingerprint density at radius 1 is 1.42 bits per heavy atom. The molecule has 19 heavy (non-hydrogen) atoms. The SMILES string of the molecule is NCC1CCCCC1Nc1ccc([N+](=O)[O-])c(I)c1. The van der Waals surface area contributed by atoms with Crippen LogP contribution in [0, 0.1) is 19.6 Å². The third-order valence-electron chi connectivity index (χ3n) is 3.71. The van der Waals surface area contributed by atoms with Gasteiger partial charge in [0.25, 0.3) is 5.69 Å². The minimum Gasteiger partial charge on any atom is -0.382 e. The molecule has 0 aliphatic heterocycles. The molecule has 1 aliphatic carbocycles. The molecule has 0 amide bonds. The van der Waals surface area contributed by atoms with Crippen LogP contribution < -0.4 is 11.1 Å². The standard InChI is InChI=1S/C13H18IN3O2/c14-11-7-10(5-6-13(11)17(18)19)16-12-4-2-1-3-9(12)8-15/h5-7,9,12,16H,1-4,8,15H2. The van der Waals surface area contributed by atoms with Crippen LogP contribution in [0.1, 0.15) is 25.7 Å². The van der Waals surface area contributed by atoms with Gasteiger partial charge in [0, 0.05) is 17.8 Å². The molecule has 2 atom stereocenters. The van der Waals surface area contributed by atoms with Crippen LogP contribution in [0.15, 0.2) is 18.2 Å². The number of nitro groups is 1. The Kier molecular flexibility index (Phi) is 4.98. The van der Waals surface area contributed by atoms with Gasteiger partial charge in [-0.3, -0.25) is 10.1 Å². The van der Waals surface area contributed by atoms with Crippen molar-refractivity contribution in [2.75, 3.05) is 11.9 Å². The first-order chi connectivity index (χ1) is 9.11.